The van der Waals surface area contributed by atoms with Gasteiger partial charge in [0.1, 0.15) is 29.9 Å². The fourth-order valence-electron chi connectivity index (χ4n) is 4.11. The second-order valence-corrected chi connectivity index (χ2v) is 9.36. The standard InChI is InChI=1S/C18H33ClN2O5S.ClH/c1-5-6-10-7-11(21(3)8-10)17(25)20-12(9(2)19)16-14(23)13(22)15(24)18(26-16)27-4;/h9-16,18,22-24H,5-8H2,1-4H3,(H,20,25);1H/t9?,10-,11+,12?,13+,14-,15-,16-,18-;/m0./s1. The summed E-state index contributed by atoms with van der Waals surface area (Å²) in [5, 5.41) is 33.0. The summed E-state index contributed by atoms with van der Waals surface area (Å²) in [5.74, 6) is 0.350. The number of amides is 1. The predicted molar refractivity (Wildman–Crippen MR) is 114 cm³/mol. The van der Waals surface area contributed by atoms with Crippen LogP contribution in [0.1, 0.15) is 33.1 Å². The summed E-state index contributed by atoms with van der Waals surface area (Å²) in [7, 11) is 1.94. The van der Waals surface area contributed by atoms with Gasteiger partial charge in [-0.3, -0.25) is 9.69 Å². The molecule has 0 aromatic carbocycles. The van der Waals surface area contributed by atoms with E-state index in [-0.39, 0.29) is 24.4 Å². The zero-order valence-electron chi connectivity index (χ0n) is 16.8. The summed E-state index contributed by atoms with van der Waals surface area (Å²) < 4.78 is 5.79. The van der Waals surface area contributed by atoms with Gasteiger partial charge in [0, 0.05) is 6.54 Å². The van der Waals surface area contributed by atoms with Gasteiger partial charge in [-0.2, -0.15) is 0 Å². The van der Waals surface area contributed by atoms with Gasteiger partial charge in [-0.05, 0) is 39.0 Å². The molecule has 2 aliphatic rings. The monoisotopic (exact) mass is 460 g/mol. The first-order valence-electron chi connectivity index (χ1n) is 9.58. The molecule has 166 valence electrons. The molecular formula is C18H34Cl2N2O5S. The molecule has 0 aliphatic carbocycles. The topological polar surface area (TPSA) is 102 Å². The van der Waals surface area contributed by atoms with E-state index in [0.29, 0.717) is 5.92 Å². The van der Waals surface area contributed by atoms with E-state index >= 15 is 0 Å². The molecule has 0 spiro atoms. The largest absolute Gasteiger partial charge is 0.388 e. The lowest BCUT2D eigenvalue weighted by Crippen LogP contribution is -2.65. The van der Waals surface area contributed by atoms with Crippen LogP contribution in [0.5, 0.6) is 0 Å². The lowest BCUT2D eigenvalue weighted by molar-refractivity contribution is -0.205. The number of aliphatic hydroxyl groups is 3. The van der Waals surface area contributed by atoms with Crippen molar-refractivity contribution < 1.29 is 24.9 Å². The number of ether oxygens (including phenoxy) is 1. The van der Waals surface area contributed by atoms with Crippen molar-refractivity contribution in [2.75, 3.05) is 19.8 Å². The molecule has 2 rings (SSSR count). The second kappa shape index (κ2) is 11.6. The number of likely N-dealkylation sites (tertiary alicyclic amines) is 1. The van der Waals surface area contributed by atoms with Crippen molar-refractivity contribution in [2.24, 2.45) is 5.92 Å². The van der Waals surface area contributed by atoms with Gasteiger partial charge in [0.15, 0.2) is 0 Å². The first kappa shape index (κ1) is 26.2. The van der Waals surface area contributed by atoms with E-state index in [1.54, 1.807) is 13.2 Å². The van der Waals surface area contributed by atoms with E-state index in [9.17, 15) is 20.1 Å². The van der Waals surface area contributed by atoms with E-state index in [1.165, 1.54) is 11.8 Å². The normalized spacial score (nSPS) is 38.5. The van der Waals surface area contributed by atoms with Crippen LogP contribution in [-0.4, -0.2) is 93.3 Å². The Bertz CT molecular complexity index is 503. The smallest absolute Gasteiger partial charge is 0.237 e. The van der Waals surface area contributed by atoms with Crippen molar-refractivity contribution in [3.05, 3.63) is 0 Å². The van der Waals surface area contributed by atoms with Crippen LogP contribution in [0, 0.1) is 5.92 Å². The fourth-order valence-corrected chi connectivity index (χ4v) is 5.00. The van der Waals surface area contributed by atoms with Crippen LogP contribution in [-0.2, 0) is 9.53 Å². The third-order valence-electron chi connectivity index (χ3n) is 5.63. The van der Waals surface area contributed by atoms with Crippen molar-refractivity contribution in [3.63, 3.8) is 0 Å². The van der Waals surface area contributed by atoms with Gasteiger partial charge in [-0.15, -0.1) is 35.8 Å². The number of hydrogen-bond acceptors (Lipinski definition) is 7. The number of nitrogens with zero attached hydrogens (tertiary/aromatic N) is 1. The number of rotatable bonds is 7. The van der Waals surface area contributed by atoms with E-state index in [4.69, 9.17) is 16.3 Å². The first-order valence-corrected chi connectivity index (χ1v) is 11.3. The van der Waals surface area contributed by atoms with Gasteiger partial charge in [-0.1, -0.05) is 13.3 Å². The Labute approximate surface area is 182 Å². The molecule has 9 atom stereocenters. The Kier molecular flexibility index (Phi) is 10.8. The fraction of sp³-hybridized carbons (Fsp3) is 0.944. The quantitative estimate of drug-likeness (QED) is 0.416. The Morgan fingerprint density at radius 3 is 2.50 bits per heavy atom. The first-order chi connectivity index (χ1) is 12.7. The maximum absolute atomic E-state index is 12.9. The van der Waals surface area contributed by atoms with Crippen LogP contribution < -0.4 is 5.32 Å². The molecule has 1 amide bonds. The van der Waals surface area contributed by atoms with E-state index in [1.807, 2.05) is 11.9 Å². The molecule has 4 N–H and O–H groups in total. The average Bonchev–Trinajstić information content (AvgIpc) is 2.99. The van der Waals surface area contributed by atoms with Crippen molar-refractivity contribution in [2.45, 2.75) is 80.4 Å². The maximum Gasteiger partial charge on any atom is 0.237 e. The number of carbonyl (C=O) groups is 1. The van der Waals surface area contributed by atoms with Crippen LogP contribution in [0.25, 0.3) is 0 Å². The van der Waals surface area contributed by atoms with Crippen LogP contribution in [0.4, 0.5) is 0 Å². The number of carbonyl (C=O) groups excluding carboxylic acids is 1. The number of nitrogens with one attached hydrogen (secondary N) is 1. The van der Waals surface area contributed by atoms with Crippen LogP contribution in [0.3, 0.4) is 0 Å². The van der Waals surface area contributed by atoms with Crippen LogP contribution in [0.15, 0.2) is 0 Å². The summed E-state index contributed by atoms with van der Waals surface area (Å²) in [6.45, 7) is 4.74. The number of halogens is 2. The molecule has 2 aliphatic heterocycles. The third kappa shape index (κ3) is 5.88. The summed E-state index contributed by atoms with van der Waals surface area (Å²) in [5.41, 5.74) is -0.702. The molecule has 2 saturated heterocycles. The van der Waals surface area contributed by atoms with Gasteiger partial charge in [0.25, 0.3) is 0 Å². The van der Waals surface area contributed by atoms with E-state index in [2.05, 4.69) is 12.2 Å². The molecule has 0 bridgehead atoms. The average molecular weight is 461 g/mol. The molecule has 2 heterocycles. The molecule has 2 unspecified atom stereocenters. The molecule has 0 aromatic heterocycles. The van der Waals surface area contributed by atoms with Gasteiger partial charge < -0.3 is 25.4 Å². The highest BCUT2D eigenvalue weighted by molar-refractivity contribution is 7.99. The van der Waals surface area contributed by atoms with Gasteiger partial charge >= 0.3 is 0 Å². The lowest BCUT2D eigenvalue weighted by Gasteiger charge is -2.44. The van der Waals surface area contributed by atoms with E-state index in [0.717, 1.165) is 25.8 Å². The Hall–Kier alpha value is 0.200. The molecular weight excluding hydrogens is 427 g/mol. The van der Waals surface area contributed by atoms with Crippen molar-refractivity contribution in [3.8, 4) is 0 Å². The number of thioether (sulfide) groups is 1. The maximum atomic E-state index is 12.9. The summed E-state index contributed by atoms with van der Waals surface area (Å²) in [6.07, 6.45) is -0.0980. The minimum absolute atomic E-state index is 0. The highest BCUT2D eigenvalue weighted by Gasteiger charge is 2.48. The molecule has 0 saturated carbocycles. The summed E-state index contributed by atoms with van der Waals surface area (Å²) in [4.78, 5) is 14.9. The minimum atomic E-state index is -1.36. The molecule has 2 fully saturated rings. The Balaban J connectivity index is 0.00000392. The Morgan fingerprint density at radius 1 is 1.32 bits per heavy atom. The third-order valence-corrected chi connectivity index (χ3v) is 6.76. The lowest BCUT2D eigenvalue weighted by atomic mass is 9.92. The number of likely N-dealkylation sites (N-methyl/N-ethyl adjacent to an activating group) is 1. The van der Waals surface area contributed by atoms with Crippen molar-refractivity contribution in [1.29, 1.82) is 0 Å². The molecule has 7 nitrogen and oxygen atoms in total. The summed E-state index contributed by atoms with van der Waals surface area (Å²) in [6, 6.07) is -0.934. The Morgan fingerprint density at radius 2 is 1.96 bits per heavy atom. The van der Waals surface area contributed by atoms with Crippen molar-refractivity contribution >= 4 is 41.7 Å². The van der Waals surface area contributed by atoms with Gasteiger partial charge in [0.2, 0.25) is 5.91 Å². The molecule has 0 radical (unpaired) electrons. The van der Waals surface area contributed by atoms with Crippen LogP contribution >= 0.6 is 35.8 Å². The zero-order valence-corrected chi connectivity index (χ0v) is 19.2. The predicted octanol–water partition coefficient (Wildman–Crippen LogP) is 0.811. The summed E-state index contributed by atoms with van der Waals surface area (Å²) >= 11 is 7.55. The molecule has 28 heavy (non-hydrogen) atoms. The number of alkyl halides is 1. The van der Waals surface area contributed by atoms with Gasteiger partial charge in [-0.25, -0.2) is 0 Å². The SMILES string of the molecule is CCC[C@H]1C[C@H](C(=O)NC(C(C)Cl)[C@@H]2O[C@@H](SC)[C@@H](O)[C@H](O)[C@@H]2O)N(C)C1.Cl. The second-order valence-electron chi connectivity index (χ2n) is 7.73. The van der Waals surface area contributed by atoms with Crippen molar-refractivity contribution in [1.82, 2.24) is 10.2 Å². The van der Waals surface area contributed by atoms with E-state index < -0.39 is 41.3 Å². The number of aliphatic hydroxyl groups excluding tert-OH is 3. The highest BCUT2D eigenvalue weighted by Crippen LogP contribution is 2.31. The van der Waals surface area contributed by atoms with Gasteiger partial charge in [0.05, 0.1) is 17.5 Å². The zero-order chi connectivity index (χ0) is 20.3. The molecule has 0 aromatic rings. The van der Waals surface area contributed by atoms with Crippen LogP contribution in [0.2, 0.25) is 0 Å². The molecule has 10 heteroatoms. The highest BCUT2D eigenvalue weighted by atomic mass is 35.5. The number of hydrogen-bond donors (Lipinski definition) is 4. The minimum Gasteiger partial charge on any atom is -0.388 e.